The van der Waals surface area contributed by atoms with Gasteiger partial charge in [0.1, 0.15) is 28.1 Å². The van der Waals surface area contributed by atoms with E-state index in [9.17, 15) is 4.39 Å². The predicted molar refractivity (Wildman–Crippen MR) is 136 cm³/mol. The van der Waals surface area contributed by atoms with Gasteiger partial charge in [-0.2, -0.15) is 0 Å². The van der Waals surface area contributed by atoms with E-state index in [2.05, 4.69) is 17.1 Å². The fourth-order valence-corrected chi connectivity index (χ4v) is 4.96. The molecule has 0 saturated carbocycles. The van der Waals surface area contributed by atoms with Crippen molar-refractivity contribution in [3.05, 3.63) is 90.4 Å². The molecule has 0 aliphatic carbocycles. The summed E-state index contributed by atoms with van der Waals surface area (Å²) >= 11 is 0. The minimum absolute atomic E-state index is 0.320. The normalized spacial score (nSPS) is 13.0. The molecular formula is C30H20FNO2. The van der Waals surface area contributed by atoms with E-state index < -0.39 is 5.89 Å². The third-order valence-corrected chi connectivity index (χ3v) is 6.67. The van der Waals surface area contributed by atoms with E-state index in [0.29, 0.717) is 5.58 Å². The summed E-state index contributed by atoms with van der Waals surface area (Å²) < 4.78 is 34.8. The Balaban J connectivity index is 1.52. The van der Waals surface area contributed by atoms with Crippen molar-refractivity contribution in [2.75, 3.05) is 0 Å². The van der Waals surface area contributed by atoms with Gasteiger partial charge in [-0.25, -0.2) is 4.39 Å². The zero-order valence-corrected chi connectivity index (χ0v) is 18.6. The Kier molecular flexibility index (Phi) is 3.71. The standard InChI is InChI=1S/C30H20FNO2/c1-16(2)17-12-13-32-26(14-17)25-5-3-4-20-22-10-11-23-24(29(22)34-30(20)25)9-8-21-19-7-6-18(31)15-27(19)33-28(21)23/h3-16H,1-2H3/i16D. The zero-order chi connectivity index (χ0) is 23.9. The molecule has 0 amide bonds. The Bertz CT molecular complexity index is 1960. The number of halogens is 1. The lowest BCUT2D eigenvalue weighted by Gasteiger charge is -2.07. The topological polar surface area (TPSA) is 39.2 Å². The van der Waals surface area contributed by atoms with Crippen LogP contribution in [0.15, 0.2) is 87.8 Å². The first-order valence-corrected chi connectivity index (χ1v) is 11.2. The highest BCUT2D eigenvalue weighted by molar-refractivity contribution is 6.23. The molecule has 0 aliphatic heterocycles. The Morgan fingerprint density at radius 1 is 0.735 bits per heavy atom. The smallest absolute Gasteiger partial charge is 0.144 e. The monoisotopic (exact) mass is 446 g/mol. The molecule has 3 aromatic heterocycles. The second-order valence-corrected chi connectivity index (χ2v) is 8.94. The lowest BCUT2D eigenvalue weighted by molar-refractivity contribution is 0.619. The molecule has 34 heavy (non-hydrogen) atoms. The molecule has 4 heteroatoms. The first-order valence-electron chi connectivity index (χ1n) is 11.7. The molecule has 164 valence electrons. The number of nitrogens with zero attached hydrogens (tertiary/aromatic N) is 1. The third kappa shape index (κ3) is 2.65. The number of pyridine rings is 1. The van der Waals surface area contributed by atoms with Gasteiger partial charge in [0, 0.05) is 51.5 Å². The van der Waals surface area contributed by atoms with Gasteiger partial charge in [0.15, 0.2) is 0 Å². The van der Waals surface area contributed by atoms with Crippen molar-refractivity contribution in [3.8, 4) is 11.3 Å². The van der Waals surface area contributed by atoms with E-state index in [1.165, 1.54) is 12.1 Å². The van der Waals surface area contributed by atoms with Crippen molar-refractivity contribution < 1.29 is 14.6 Å². The maximum Gasteiger partial charge on any atom is 0.144 e. The molecule has 0 spiro atoms. The van der Waals surface area contributed by atoms with E-state index in [4.69, 9.17) is 10.2 Å². The summed E-state index contributed by atoms with van der Waals surface area (Å²) in [6, 6.07) is 22.7. The summed E-state index contributed by atoms with van der Waals surface area (Å²) in [5.74, 6) is -1.05. The average molecular weight is 446 g/mol. The molecule has 3 nitrogen and oxygen atoms in total. The summed E-state index contributed by atoms with van der Waals surface area (Å²) in [7, 11) is 0. The van der Waals surface area contributed by atoms with Gasteiger partial charge in [-0.15, -0.1) is 0 Å². The number of benzene rings is 4. The summed E-state index contributed by atoms with van der Waals surface area (Å²) in [5, 5.41) is 5.70. The fourth-order valence-electron chi connectivity index (χ4n) is 4.96. The van der Waals surface area contributed by atoms with Crippen molar-refractivity contribution in [1.29, 1.82) is 0 Å². The van der Waals surface area contributed by atoms with Crippen LogP contribution in [0, 0.1) is 5.82 Å². The van der Waals surface area contributed by atoms with Crippen LogP contribution in [0.1, 0.15) is 26.7 Å². The lowest BCUT2D eigenvalue weighted by atomic mass is 10.00. The molecule has 0 bridgehead atoms. The van der Waals surface area contributed by atoms with Crippen LogP contribution in [0.3, 0.4) is 0 Å². The molecule has 7 rings (SSSR count). The quantitative estimate of drug-likeness (QED) is 0.266. The Hall–Kier alpha value is -4.18. The van der Waals surface area contributed by atoms with E-state index >= 15 is 0 Å². The van der Waals surface area contributed by atoms with Gasteiger partial charge in [0.05, 0.1) is 5.69 Å². The highest BCUT2D eigenvalue weighted by Gasteiger charge is 2.18. The summed E-state index contributed by atoms with van der Waals surface area (Å²) in [5.41, 5.74) is 5.34. The molecule has 4 aromatic carbocycles. The Labute approximate surface area is 195 Å². The minimum Gasteiger partial charge on any atom is -0.455 e. The molecule has 0 aliphatic rings. The van der Waals surface area contributed by atoms with Crippen LogP contribution < -0.4 is 0 Å². The predicted octanol–water partition coefficient (Wildman–Crippen LogP) is 8.96. The van der Waals surface area contributed by atoms with Crippen molar-refractivity contribution in [2.45, 2.75) is 19.7 Å². The molecule has 0 saturated heterocycles. The number of aromatic nitrogens is 1. The number of rotatable bonds is 2. The number of furan rings is 2. The number of fused-ring (bicyclic) bond motifs is 9. The maximum absolute atomic E-state index is 13.8. The van der Waals surface area contributed by atoms with Gasteiger partial charge in [0.25, 0.3) is 0 Å². The zero-order valence-electron chi connectivity index (χ0n) is 19.6. The van der Waals surface area contributed by atoms with Gasteiger partial charge >= 0.3 is 0 Å². The first-order chi connectivity index (χ1) is 16.9. The lowest BCUT2D eigenvalue weighted by Crippen LogP contribution is -1.90. The summed E-state index contributed by atoms with van der Waals surface area (Å²) in [6.45, 7) is 3.74. The molecule has 0 atom stereocenters. The molecule has 0 N–H and O–H groups in total. The molecule has 0 fully saturated rings. The second kappa shape index (κ2) is 6.91. The second-order valence-electron chi connectivity index (χ2n) is 8.94. The van der Waals surface area contributed by atoms with Gasteiger partial charge in [-0.3, -0.25) is 4.98 Å². The SMILES string of the molecule is [2H]C(C)(C)c1ccnc(-c2cccc3c2oc2c3ccc3c2ccc2c4ccc(F)cc4oc23)c1. The van der Waals surface area contributed by atoms with Gasteiger partial charge in [0.2, 0.25) is 0 Å². The number of hydrogen-bond acceptors (Lipinski definition) is 3. The fraction of sp³-hybridized carbons (Fsp3) is 0.100. The first kappa shape index (κ1) is 18.3. The van der Waals surface area contributed by atoms with Crippen molar-refractivity contribution in [3.63, 3.8) is 0 Å². The molecule has 0 radical (unpaired) electrons. The van der Waals surface area contributed by atoms with E-state index in [0.717, 1.165) is 65.9 Å². The van der Waals surface area contributed by atoms with E-state index in [-0.39, 0.29) is 5.82 Å². The largest absolute Gasteiger partial charge is 0.455 e. The van der Waals surface area contributed by atoms with Crippen LogP contribution in [0.25, 0.3) is 65.9 Å². The average Bonchev–Trinajstić information content (AvgIpc) is 3.41. The number of para-hydroxylation sites is 1. The van der Waals surface area contributed by atoms with E-state index in [1.54, 1.807) is 12.3 Å². The maximum atomic E-state index is 13.8. The Morgan fingerprint density at radius 3 is 2.12 bits per heavy atom. The van der Waals surface area contributed by atoms with Crippen LogP contribution in [0.4, 0.5) is 4.39 Å². The van der Waals surface area contributed by atoms with Crippen molar-refractivity contribution in [1.82, 2.24) is 4.98 Å². The van der Waals surface area contributed by atoms with Gasteiger partial charge < -0.3 is 8.83 Å². The van der Waals surface area contributed by atoms with E-state index in [1.807, 2.05) is 56.3 Å². The minimum atomic E-state index is -0.726. The highest BCUT2D eigenvalue weighted by Crippen LogP contribution is 2.41. The van der Waals surface area contributed by atoms with Crippen LogP contribution in [0.5, 0.6) is 0 Å². The van der Waals surface area contributed by atoms with Crippen molar-refractivity contribution in [2.24, 2.45) is 0 Å². The summed E-state index contributed by atoms with van der Waals surface area (Å²) in [4.78, 5) is 4.59. The van der Waals surface area contributed by atoms with Crippen molar-refractivity contribution >= 4 is 54.6 Å². The third-order valence-electron chi connectivity index (χ3n) is 6.67. The number of hydrogen-bond donors (Lipinski definition) is 0. The molecular weight excluding hydrogens is 425 g/mol. The molecule has 7 aromatic rings. The van der Waals surface area contributed by atoms with Crippen LogP contribution in [-0.2, 0) is 0 Å². The van der Waals surface area contributed by atoms with Crippen LogP contribution in [0.2, 0.25) is 0 Å². The van der Waals surface area contributed by atoms with Crippen LogP contribution in [-0.4, -0.2) is 4.98 Å². The van der Waals surface area contributed by atoms with Gasteiger partial charge in [-0.1, -0.05) is 26.0 Å². The van der Waals surface area contributed by atoms with Gasteiger partial charge in [-0.05, 0) is 66.1 Å². The highest BCUT2D eigenvalue weighted by atomic mass is 19.1. The Morgan fingerprint density at radius 2 is 1.38 bits per heavy atom. The summed E-state index contributed by atoms with van der Waals surface area (Å²) in [6.07, 6.45) is 1.75. The van der Waals surface area contributed by atoms with Crippen LogP contribution >= 0.6 is 0 Å². The molecule has 3 heterocycles. The molecule has 0 unspecified atom stereocenters.